The molecule has 27 heavy (non-hydrogen) atoms. The monoisotopic (exact) mass is 373 g/mol. The van der Waals surface area contributed by atoms with Gasteiger partial charge in [-0.1, -0.05) is 18.2 Å². The molecule has 1 N–H and O–H groups in total. The predicted octanol–water partition coefficient (Wildman–Crippen LogP) is 2.58. The van der Waals surface area contributed by atoms with Gasteiger partial charge < -0.3 is 24.2 Å². The van der Waals surface area contributed by atoms with Crippen LogP contribution >= 0.6 is 0 Å². The predicted molar refractivity (Wildman–Crippen MR) is 99.1 cm³/mol. The number of amides is 1. The Balaban J connectivity index is 2.19. The van der Waals surface area contributed by atoms with Crippen LogP contribution in [0.4, 0.5) is 0 Å². The second-order valence-electron chi connectivity index (χ2n) is 5.88. The molecule has 0 spiro atoms. The molecule has 1 unspecified atom stereocenters. The first kappa shape index (κ1) is 20.1. The number of carbonyl (C=O) groups is 2. The number of ether oxygens (including phenoxy) is 3. The third-order valence-electron chi connectivity index (χ3n) is 3.83. The summed E-state index contributed by atoms with van der Waals surface area (Å²) in [5, 5.41) is 9.20. The smallest absolute Gasteiger partial charge is 0.323 e. The zero-order valence-corrected chi connectivity index (χ0v) is 15.5. The number of carbonyl (C=O) groups excluding carboxylic acids is 1. The van der Waals surface area contributed by atoms with Gasteiger partial charge in [0.2, 0.25) is 0 Å². The summed E-state index contributed by atoms with van der Waals surface area (Å²) >= 11 is 0. The summed E-state index contributed by atoms with van der Waals surface area (Å²) in [5.41, 5.74) is 0.688. The SMILES string of the molecule is COc1cc(CN(CC(=O)O)C(=O)C(C)Oc2ccccc2)cc(OC)c1. The molecule has 1 amide bonds. The number of aliphatic carboxylic acids is 1. The lowest BCUT2D eigenvalue weighted by Gasteiger charge is -2.25. The van der Waals surface area contributed by atoms with Gasteiger partial charge in [-0.15, -0.1) is 0 Å². The molecule has 0 fully saturated rings. The van der Waals surface area contributed by atoms with Crippen molar-refractivity contribution in [3.63, 3.8) is 0 Å². The second-order valence-corrected chi connectivity index (χ2v) is 5.88. The van der Waals surface area contributed by atoms with E-state index in [4.69, 9.17) is 14.2 Å². The normalized spacial score (nSPS) is 11.4. The number of benzene rings is 2. The lowest BCUT2D eigenvalue weighted by molar-refractivity contribution is -0.148. The van der Waals surface area contributed by atoms with Crippen LogP contribution in [0, 0.1) is 0 Å². The maximum absolute atomic E-state index is 12.8. The van der Waals surface area contributed by atoms with Gasteiger partial charge in [-0.3, -0.25) is 9.59 Å². The highest BCUT2D eigenvalue weighted by molar-refractivity contribution is 5.84. The Kier molecular flexibility index (Phi) is 7.05. The number of carboxylic acid groups (broad SMARTS) is 1. The van der Waals surface area contributed by atoms with Gasteiger partial charge in [-0.2, -0.15) is 0 Å². The number of rotatable bonds is 9. The average molecular weight is 373 g/mol. The quantitative estimate of drug-likeness (QED) is 0.727. The van der Waals surface area contributed by atoms with Crippen molar-refractivity contribution in [2.75, 3.05) is 20.8 Å². The summed E-state index contributed by atoms with van der Waals surface area (Å²) in [6.45, 7) is 1.23. The molecule has 144 valence electrons. The van der Waals surface area contributed by atoms with E-state index in [9.17, 15) is 14.7 Å². The second kappa shape index (κ2) is 9.47. The van der Waals surface area contributed by atoms with E-state index in [0.717, 1.165) is 0 Å². The first-order valence-electron chi connectivity index (χ1n) is 8.37. The van der Waals surface area contributed by atoms with E-state index in [1.807, 2.05) is 6.07 Å². The van der Waals surface area contributed by atoms with Gasteiger partial charge in [0.1, 0.15) is 23.8 Å². The molecule has 0 aliphatic carbocycles. The molecule has 2 rings (SSSR count). The minimum atomic E-state index is -1.11. The molecule has 0 aliphatic heterocycles. The minimum Gasteiger partial charge on any atom is -0.497 e. The van der Waals surface area contributed by atoms with Gasteiger partial charge in [-0.25, -0.2) is 0 Å². The molecular weight excluding hydrogens is 350 g/mol. The Labute approximate surface area is 158 Å². The molecule has 0 aliphatic rings. The van der Waals surface area contributed by atoms with Crippen molar-refractivity contribution in [2.45, 2.75) is 19.6 Å². The molecule has 2 aromatic rings. The number of hydrogen-bond acceptors (Lipinski definition) is 5. The van der Waals surface area contributed by atoms with Gasteiger partial charge in [0.25, 0.3) is 5.91 Å². The van der Waals surface area contributed by atoms with Crippen LogP contribution in [0.25, 0.3) is 0 Å². The lowest BCUT2D eigenvalue weighted by atomic mass is 10.1. The van der Waals surface area contributed by atoms with Crippen LogP contribution < -0.4 is 14.2 Å². The topological polar surface area (TPSA) is 85.3 Å². The Morgan fingerprint density at radius 2 is 1.59 bits per heavy atom. The number of para-hydroxylation sites is 1. The number of carboxylic acids is 1. The van der Waals surface area contributed by atoms with Crippen molar-refractivity contribution in [2.24, 2.45) is 0 Å². The van der Waals surface area contributed by atoms with E-state index in [0.29, 0.717) is 22.8 Å². The average Bonchev–Trinajstić information content (AvgIpc) is 2.66. The fourth-order valence-corrected chi connectivity index (χ4v) is 2.56. The molecule has 7 nitrogen and oxygen atoms in total. The summed E-state index contributed by atoms with van der Waals surface area (Å²) < 4.78 is 16.1. The van der Waals surface area contributed by atoms with Crippen LogP contribution in [0.1, 0.15) is 12.5 Å². The highest BCUT2D eigenvalue weighted by atomic mass is 16.5. The summed E-state index contributed by atoms with van der Waals surface area (Å²) in [4.78, 5) is 25.2. The van der Waals surface area contributed by atoms with Crippen LogP contribution in [0.2, 0.25) is 0 Å². The number of hydrogen-bond donors (Lipinski definition) is 1. The van der Waals surface area contributed by atoms with Crippen molar-refractivity contribution in [1.29, 1.82) is 0 Å². The van der Waals surface area contributed by atoms with E-state index < -0.39 is 24.5 Å². The van der Waals surface area contributed by atoms with Crippen LogP contribution in [0.5, 0.6) is 17.2 Å². The molecule has 0 heterocycles. The summed E-state index contributed by atoms with van der Waals surface area (Å²) in [6, 6.07) is 14.1. The molecular formula is C20H23NO6. The van der Waals surface area contributed by atoms with E-state index >= 15 is 0 Å². The van der Waals surface area contributed by atoms with Crippen LogP contribution in [-0.2, 0) is 16.1 Å². The van der Waals surface area contributed by atoms with E-state index in [-0.39, 0.29) is 6.54 Å². The Morgan fingerprint density at radius 1 is 1.00 bits per heavy atom. The van der Waals surface area contributed by atoms with Gasteiger partial charge in [-0.05, 0) is 36.8 Å². The van der Waals surface area contributed by atoms with Gasteiger partial charge in [0.15, 0.2) is 6.10 Å². The van der Waals surface area contributed by atoms with Crippen molar-refractivity contribution in [3.8, 4) is 17.2 Å². The van der Waals surface area contributed by atoms with Crippen molar-refractivity contribution >= 4 is 11.9 Å². The first-order chi connectivity index (χ1) is 12.9. The highest BCUT2D eigenvalue weighted by Crippen LogP contribution is 2.24. The van der Waals surface area contributed by atoms with Gasteiger partial charge >= 0.3 is 5.97 Å². The fourth-order valence-electron chi connectivity index (χ4n) is 2.56. The fraction of sp³-hybridized carbons (Fsp3) is 0.300. The molecule has 2 aromatic carbocycles. The van der Waals surface area contributed by atoms with Crippen LogP contribution in [0.15, 0.2) is 48.5 Å². The van der Waals surface area contributed by atoms with Crippen molar-refractivity contribution in [3.05, 3.63) is 54.1 Å². The van der Waals surface area contributed by atoms with Gasteiger partial charge in [0, 0.05) is 12.6 Å². The first-order valence-corrected chi connectivity index (χ1v) is 8.37. The van der Waals surface area contributed by atoms with E-state index in [2.05, 4.69) is 0 Å². The van der Waals surface area contributed by atoms with Crippen LogP contribution in [-0.4, -0.2) is 48.8 Å². The molecule has 1 atom stereocenters. The largest absolute Gasteiger partial charge is 0.497 e. The maximum Gasteiger partial charge on any atom is 0.323 e. The third kappa shape index (κ3) is 5.91. The molecule has 7 heteroatoms. The summed E-state index contributed by atoms with van der Waals surface area (Å²) in [6.07, 6.45) is -0.834. The highest BCUT2D eigenvalue weighted by Gasteiger charge is 2.24. The molecule has 0 radical (unpaired) electrons. The van der Waals surface area contributed by atoms with Crippen molar-refractivity contribution < 1.29 is 28.9 Å². The summed E-state index contributed by atoms with van der Waals surface area (Å²) in [7, 11) is 3.04. The zero-order chi connectivity index (χ0) is 19.8. The molecule has 0 aromatic heterocycles. The third-order valence-corrected chi connectivity index (χ3v) is 3.83. The Bertz CT molecular complexity index is 755. The number of methoxy groups -OCH3 is 2. The standard InChI is InChI=1S/C20H23NO6/c1-14(27-16-7-5-4-6-8-16)20(24)21(13-19(22)23)12-15-9-17(25-2)11-18(10-15)26-3/h4-11,14H,12-13H2,1-3H3,(H,22,23). The van der Waals surface area contributed by atoms with Crippen molar-refractivity contribution in [1.82, 2.24) is 4.90 Å². The summed E-state index contributed by atoms with van der Waals surface area (Å²) in [5.74, 6) is 0.117. The van der Waals surface area contributed by atoms with E-state index in [1.165, 1.54) is 19.1 Å². The number of nitrogens with zero attached hydrogens (tertiary/aromatic N) is 1. The maximum atomic E-state index is 12.8. The Morgan fingerprint density at radius 3 is 2.11 bits per heavy atom. The van der Waals surface area contributed by atoms with E-state index in [1.54, 1.807) is 49.4 Å². The minimum absolute atomic E-state index is 0.0845. The molecule has 0 saturated carbocycles. The van der Waals surface area contributed by atoms with Crippen LogP contribution in [0.3, 0.4) is 0 Å². The molecule has 0 bridgehead atoms. The Hall–Kier alpha value is -3.22. The zero-order valence-electron chi connectivity index (χ0n) is 15.5. The molecule has 0 saturated heterocycles. The lowest BCUT2D eigenvalue weighted by Crippen LogP contribution is -2.42. The van der Waals surface area contributed by atoms with Gasteiger partial charge in [0.05, 0.1) is 14.2 Å².